The molecule has 2 aromatic heterocycles. The number of thiazole rings is 2. The first-order chi connectivity index (χ1) is 25.5. The smallest absolute Gasteiger partial charge is 0.320 e. The van der Waals surface area contributed by atoms with E-state index in [1.807, 2.05) is 54.0 Å². The topological polar surface area (TPSA) is 156 Å². The van der Waals surface area contributed by atoms with Gasteiger partial charge >= 0.3 is 11.9 Å². The van der Waals surface area contributed by atoms with E-state index in [0.29, 0.717) is 73.4 Å². The van der Waals surface area contributed by atoms with Gasteiger partial charge in [0.25, 0.3) is 11.8 Å². The number of nitrogens with one attached hydrogen (secondary N) is 1. The number of fused-ring (bicyclic) bond motifs is 1. The van der Waals surface area contributed by atoms with Crippen LogP contribution in [0.25, 0.3) is 11.1 Å². The van der Waals surface area contributed by atoms with Crippen LogP contribution in [-0.2, 0) is 29.1 Å². The van der Waals surface area contributed by atoms with Crippen molar-refractivity contribution in [3.05, 3.63) is 78.1 Å². The summed E-state index contributed by atoms with van der Waals surface area (Å²) in [6.45, 7) is 6.44. The molecule has 55 heavy (non-hydrogen) atoms. The van der Waals surface area contributed by atoms with E-state index < -0.39 is 29.9 Å². The Kier molecular flexibility index (Phi) is 14.1. The molecule has 3 aliphatic heterocycles. The quantitative estimate of drug-likeness (QED) is 0.151. The Hall–Kier alpha value is -3.51. The average Bonchev–Trinajstić information content (AvgIpc) is 3.85. The second-order valence-electron chi connectivity index (χ2n) is 13.8. The summed E-state index contributed by atoms with van der Waals surface area (Å²) in [4.78, 5) is 67.6. The van der Waals surface area contributed by atoms with Crippen LogP contribution in [0.2, 0.25) is 5.02 Å². The highest BCUT2D eigenvalue weighted by molar-refractivity contribution is 7.59. The highest BCUT2D eigenvalue weighted by Gasteiger charge is 2.33. The first-order valence-corrected chi connectivity index (χ1v) is 19.9. The molecule has 2 atom stereocenters. The van der Waals surface area contributed by atoms with Crippen molar-refractivity contribution in [1.82, 2.24) is 19.8 Å². The third-order valence-electron chi connectivity index (χ3n) is 10.5. The normalized spacial score (nSPS) is 18.6. The Bertz CT molecular complexity index is 2090. The van der Waals surface area contributed by atoms with E-state index in [1.54, 1.807) is 11.0 Å². The molecule has 7 rings (SSSR count). The molecule has 0 aliphatic carbocycles. The molecule has 5 heterocycles. The average molecular weight is 846 g/mol. The largest absolute Gasteiger partial charge is 0.480 e. The molecule has 0 saturated carbocycles. The fraction of sp³-hybridized carbons (Fsp3) is 0.421. The summed E-state index contributed by atoms with van der Waals surface area (Å²) < 4.78 is 0. The fourth-order valence-corrected chi connectivity index (χ4v) is 9.95. The Morgan fingerprint density at radius 2 is 1.33 bits per heavy atom. The van der Waals surface area contributed by atoms with Crippen LogP contribution in [0.3, 0.4) is 0 Å². The molecule has 0 bridgehead atoms. The number of hydrogen-bond donors (Lipinski definition) is 3. The van der Waals surface area contributed by atoms with Gasteiger partial charge in [0.2, 0.25) is 0 Å². The summed E-state index contributed by atoms with van der Waals surface area (Å²) in [5.41, 5.74) is 5.20. The van der Waals surface area contributed by atoms with Crippen molar-refractivity contribution in [1.29, 1.82) is 0 Å². The monoisotopic (exact) mass is 844 g/mol. The van der Waals surface area contributed by atoms with Crippen molar-refractivity contribution in [2.75, 3.05) is 29.9 Å². The molecule has 3 N–H and O–H groups in total. The molecule has 4 aromatic rings. The van der Waals surface area contributed by atoms with Crippen LogP contribution in [-0.4, -0.2) is 85.5 Å². The zero-order valence-electron chi connectivity index (χ0n) is 30.6. The van der Waals surface area contributed by atoms with E-state index >= 15 is 0 Å². The number of carboxylic acid groups (broad SMARTS) is 2. The molecule has 0 spiro atoms. The Morgan fingerprint density at radius 3 is 1.93 bits per heavy atom. The molecule has 2 fully saturated rings. The molecule has 17 heteroatoms. The van der Waals surface area contributed by atoms with Crippen molar-refractivity contribution in [2.45, 2.75) is 84.0 Å². The number of hydrogen-bond acceptors (Lipinski definition) is 10. The minimum atomic E-state index is -0.826. The Labute approximate surface area is 346 Å². The lowest BCUT2D eigenvalue weighted by molar-refractivity contribution is -0.145. The lowest BCUT2D eigenvalue weighted by atomic mass is 9.97. The number of rotatable bonds is 10. The number of carbonyl (C=O) groups excluding carboxylic acids is 2. The number of aryl methyl sites for hydroxylation is 2. The third-order valence-corrected chi connectivity index (χ3v) is 13.1. The number of carbonyl (C=O) groups is 4. The number of carboxylic acids is 2. The second kappa shape index (κ2) is 18.2. The highest BCUT2D eigenvalue weighted by Crippen LogP contribution is 2.42. The summed E-state index contributed by atoms with van der Waals surface area (Å²) in [5, 5.41) is 23.4. The van der Waals surface area contributed by atoms with Crippen molar-refractivity contribution in [2.24, 2.45) is 0 Å². The number of aromatic nitrogens is 2. The zero-order valence-corrected chi connectivity index (χ0v) is 35.0. The van der Waals surface area contributed by atoms with Gasteiger partial charge in [0.1, 0.15) is 12.1 Å². The van der Waals surface area contributed by atoms with Gasteiger partial charge in [-0.2, -0.15) is 27.0 Å². The number of piperidine rings is 2. The summed E-state index contributed by atoms with van der Waals surface area (Å²) in [6.07, 6.45) is 5.50. The van der Waals surface area contributed by atoms with Gasteiger partial charge in [-0.15, -0.1) is 22.7 Å². The molecule has 0 radical (unpaired) electrons. The van der Waals surface area contributed by atoms with Crippen molar-refractivity contribution in [3.8, 4) is 11.1 Å². The van der Waals surface area contributed by atoms with Crippen LogP contribution in [0.1, 0.15) is 84.8 Å². The summed E-state index contributed by atoms with van der Waals surface area (Å²) in [7, 11) is 0. The van der Waals surface area contributed by atoms with Gasteiger partial charge in [0.05, 0.1) is 22.1 Å². The molecule has 2 aromatic carbocycles. The van der Waals surface area contributed by atoms with E-state index in [2.05, 4.69) is 15.3 Å². The van der Waals surface area contributed by atoms with Crippen LogP contribution in [0.4, 0.5) is 11.4 Å². The Morgan fingerprint density at radius 1 is 0.782 bits per heavy atom. The lowest BCUT2D eigenvalue weighted by Gasteiger charge is -2.32. The van der Waals surface area contributed by atoms with Crippen LogP contribution in [0.15, 0.2) is 36.4 Å². The van der Waals surface area contributed by atoms with E-state index in [-0.39, 0.29) is 37.9 Å². The fourth-order valence-electron chi connectivity index (χ4n) is 7.65. The maximum absolute atomic E-state index is 13.9. The maximum atomic E-state index is 13.9. The summed E-state index contributed by atoms with van der Waals surface area (Å²) >= 11 is 9.58. The van der Waals surface area contributed by atoms with Crippen LogP contribution in [0.5, 0.6) is 0 Å². The van der Waals surface area contributed by atoms with E-state index in [1.165, 1.54) is 22.7 Å². The standard InChI is InChI=1S/C38H41ClN6O6S2.2H2S/c1-21-30(19-43-16-5-3-12-28(43)37(48)49)52-34(40-21)33(46)42-26-11-7-10-25(32(26)39)23-9-8-14-27-24(23)15-18-45(27)36(47)35-41-22(2)31(53-35)20-44-17-6-4-13-29(44)38(50)51;;/h7-11,14,28-29H,3-6,12-13,15-20H2,1-2H3,(H,42,46)(H,48,49)(H,50,51);2*1H2/t28-,29-;;/m0../s1. The molecule has 3 aliphatic rings. The summed E-state index contributed by atoms with van der Waals surface area (Å²) in [6, 6.07) is 10.2. The van der Waals surface area contributed by atoms with Gasteiger partial charge < -0.3 is 20.4 Å². The van der Waals surface area contributed by atoms with Gasteiger partial charge in [0.15, 0.2) is 10.0 Å². The SMILES string of the molecule is Cc1nc(C(=O)Nc2cccc(-c3cccc4c3CCN4C(=O)c3nc(C)c(CN4CCCC[C@H]4C(=O)O)s3)c2Cl)sc1CN1CCCC[C@H]1C(=O)O.S.S. The van der Waals surface area contributed by atoms with Crippen molar-refractivity contribution in [3.63, 3.8) is 0 Å². The molecule has 2 saturated heterocycles. The van der Waals surface area contributed by atoms with Gasteiger partial charge in [-0.3, -0.25) is 29.0 Å². The second-order valence-corrected chi connectivity index (χ2v) is 16.4. The number of aliphatic carboxylic acids is 2. The number of nitrogens with zero attached hydrogens (tertiary/aromatic N) is 5. The molecule has 2 amide bonds. The summed E-state index contributed by atoms with van der Waals surface area (Å²) in [5.74, 6) is -2.24. The van der Waals surface area contributed by atoms with Gasteiger partial charge in [0, 0.05) is 40.6 Å². The Balaban J connectivity index is 0.00000290. The maximum Gasteiger partial charge on any atom is 0.320 e. The number of halogens is 1. The van der Waals surface area contributed by atoms with Crippen molar-refractivity contribution < 1.29 is 29.4 Å². The van der Waals surface area contributed by atoms with Gasteiger partial charge in [-0.05, 0) is 82.3 Å². The first kappa shape index (κ1) is 42.6. The van der Waals surface area contributed by atoms with E-state index in [9.17, 15) is 29.4 Å². The van der Waals surface area contributed by atoms with E-state index in [0.717, 1.165) is 63.5 Å². The van der Waals surface area contributed by atoms with Gasteiger partial charge in [-0.1, -0.05) is 48.7 Å². The third kappa shape index (κ3) is 8.90. The first-order valence-electron chi connectivity index (χ1n) is 17.9. The molecule has 0 unspecified atom stereocenters. The lowest BCUT2D eigenvalue weighted by Crippen LogP contribution is -2.43. The van der Waals surface area contributed by atoms with Crippen LogP contribution < -0.4 is 10.2 Å². The predicted octanol–water partition coefficient (Wildman–Crippen LogP) is 7.10. The predicted molar refractivity (Wildman–Crippen MR) is 226 cm³/mol. The number of likely N-dealkylation sites (tertiary alicyclic amines) is 2. The molecule has 12 nitrogen and oxygen atoms in total. The number of amides is 2. The number of anilines is 2. The van der Waals surface area contributed by atoms with Crippen molar-refractivity contribution >= 4 is 96.4 Å². The molecule has 294 valence electrons. The minimum absolute atomic E-state index is 0. The molecular weight excluding hydrogens is 800 g/mol. The highest BCUT2D eigenvalue weighted by atomic mass is 35.5. The number of benzene rings is 2. The van der Waals surface area contributed by atoms with Crippen LogP contribution in [0, 0.1) is 13.8 Å². The van der Waals surface area contributed by atoms with E-state index in [4.69, 9.17) is 11.6 Å². The molecular formula is C38H45ClN6O6S4. The minimum Gasteiger partial charge on any atom is -0.480 e. The van der Waals surface area contributed by atoms with Crippen LogP contribution >= 0.6 is 61.3 Å². The van der Waals surface area contributed by atoms with Gasteiger partial charge in [-0.25, -0.2) is 9.97 Å². The zero-order chi connectivity index (χ0) is 37.4.